The number of halogens is 1. The van der Waals surface area contributed by atoms with Crippen LogP contribution in [0.5, 0.6) is 0 Å². The lowest BCUT2D eigenvalue weighted by atomic mass is 9.72. The molecule has 4 nitrogen and oxygen atoms in total. The molecule has 1 N–H and O–H groups in total. The van der Waals surface area contributed by atoms with Gasteiger partial charge >= 0.3 is 6.03 Å². The molecular formula is C14H14FN3O. The quantitative estimate of drug-likeness (QED) is 0.901. The van der Waals surface area contributed by atoms with Gasteiger partial charge in [0.15, 0.2) is 0 Å². The van der Waals surface area contributed by atoms with Crippen molar-refractivity contribution in [2.24, 2.45) is 0 Å². The van der Waals surface area contributed by atoms with Crippen LogP contribution >= 0.6 is 0 Å². The van der Waals surface area contributed by atoms with Crippen molar-refractivity contribution in [3.63, 3.8) is 0 Å². The molecular weight excluding hydrogens is 245 g/mol. The number of nitrogens with one attached hydrogen (secondary N) is 1. The molecule has 0 bridgehead atoms. The monoisotopic (exact) mass is 259 g/mol. The van der Waals surface area contributed by atoms with E-state index in [1.165, 1.54) is 23.0 Å². The van der Waals surface area contributed by atoms with Gasteiger partial charge in [-0.05, 0) is 37.0 Å². The fourth-order valence-corrected chi connectivity index (χ4v) is 2.43. The molecule has 0 radical (unpaired) electrons. The number of rotatable bonds is 2. The largest absolute Gasteiger partial charge is 0.328 e. The zero-order valence-electron chi connectivity index (χ0n) is 10.3. The first kappa shape index (κ1) is 11.9. The highest BCUT2D eigenvalue weighted by molar-refractivity contribution is 5.77. The Balaban J connectivity index is 1.83. The Morgan fingerprint density at radius 3 is 2.58 bits per heavy atom. The molecule has 2 aromatic rings. The average Bonchev–Trinajstić information content (AvgIpc) is 2.89. The van der Waals surface area contributed by atoms with E-state index in [1.54, 1.807) is 24.5 Å². The minimum atomic E-state index is -0.366. The number of nitrogens with zero attached hydrogens (tertiary/aromatic N) is 2. The second-order valence-corrected chi connectivity index (χ2v) is 4.84. The second-order valence-electron chi connectivity index (χ2n) is 4.84. The highest BCUT2D eigenvalue weighted by atomic mass is 19.1. The van der Waals surface area contributed by atoms with Crippen molar-refractivity contribution in [2.75, 3.05) is 0 Å². The van der Waals surface area contributed by atoms with Crippen LogP contribution in [0.15, 0.2) is 43.0 Å². The van der Waals surface area contributed by atoms with E-state index in [2.05, 4.69) is 10.3 Å². The van der Waals surface area contributed by atoms with E-state index in [0.717, 1.165) is 24.8 Å². The number of amides is 1. The second kappa shape index (κ2) is 4.50. The summed E-state index contributed by atoms with van der Waals surface area (Å²) in [4.78, 5) is 15.9. The molecule has 0 atom stereocenters. The third kappa shape index (κ3) is 2.12. The van der Waals surface area contributed by atoms with Gasteiger partial charge in [0.1, 0.15) is 12.1 Å². The van der Waals surface area contributed by atoms with Gasteiger partial charge in [0.25, 0.3) is 0 Å². The van der Waals surface area contributed by atoms with Crippen molar-refractivity contribution in [2.45, 2.75) is 24.8 Å². The molecule has 1 aromatic heterocycles. The van der Waals surface area contributed by atoms with Crippen molar-refractivity contribution in [1.29, 1.82) is 0 Å². The van der Waals surface area contributed by atoms with Crippen molar-refractivity contribution in [3.8, 4) is 0 Å². The number of imidazole rings is 1. The molecule has 1 aromatic carbocycles. The molecule has 1 fully saturated rings. The van der Waals surface area contributed by atoms with Gasteiger partial charge in [-0.1, -0.05) is 12.1 Å². The third-order valence-corrected chi connectivity index (χ3v) is 3.69. The van der Waals surface area contributed by atoms with Gasteiger partial charge in [-0.2, -0.15) is 0 Å². The number of carbonyl (C=O) groups excluding carboxylic acids is 1. The van der Waals surface area contributed by atoms with Crippen LogP contribution in [-0.2, 0) is 5.54 Å². The van der Waals surface area contributed by atoms with Crippen LogP contribution in [-0.4, -0.2) is 15.6 Å². The van der Waals surface area contributed by atoms with E-state index in [1.807, 2.05) is 0 Å². The predicted octanol–water partition coefficient (Wildman–Crippen LogP) is 2.66. The number of hydrogen-bond donors (Lipinski definition) is 1. The fraction of sp³-hybridized carbons (Fsp3) is 0.286. The van der Waals surface area contributed by atoms with Gasteiger partial charge in [-0.15, -0.1) is 0 Å². The lowest BCUT2D eigenvalue weighted by Crippen LogP contribution is -2.51. The Hall–Kier alpha value is -2.17. The molecule has 1 saturated carbocycles. The fourth-order valence-electron chi connectivity index (χ4n) is 2.43. The SMILES string of the molecule is O=C(NC1(c2ccc(F)cc2)CCC1)n1ccnc1. The molecule has 1 aliphatic rings. The molecule has 98 valence electrons. The van der Waals surface area contributed by atoms with Crippen molar-refractivity contribution >= 4 is 6.03 Å². The summed E-state index contributed by atoms with van der Waals surface area (Å²) in [7, 11) is 0. The highest BCUT2D eigenvalue weighted by Gasteiger charge is 2.40. The van der Waals surface area contributed by atoms with Crippen LogP contribution in [0.4, 0.5) is 9.18 Å². The average molecular weight is 259 g/mol. The summed E-state index contributed by atoms with van der Waals surface area (Å²) in [6, 6.07) is 6.13. The van der Waals surface area contributed by atoms with Crippen LogP contribution in [0.3, 0.4) is 0 Å². The highest BCUT2D eigenvalue weighted by Crippen LogP contribution is 2.41. The minimum absolute atomic E-state index is 0.207. The maximum atomic E-state index is 13.0. The normalized spacial score (nSPS) is 16.7. The number of benzene rings is 1. The third-order valence-electron chi connectivity index (χ3n) is 3.69. The van der Waals surface area contributed by atoms with E-state index < -0.39 is 0 Å². The molecule has 1 aliphatic carbocycles. The van der Waals surface area contributed by atoms with Crippen LogP contribution in [0.2, 0.25) is 0 Å². The molecule has 1 amide bonds. The molecule has 19 heavy (non-hydrogen) atoms. The van der Waals surface area contributed by atoms with Crippen LogP contribution in [0.1, 0.15) is 24.8 Å². The summed E-state index contributed by atoms with van der Waals surface area (Å²) < 4.78 is 14.4. The van der Waals surface area contributed by atoms with Crippen molar-refractivity contribution in [3.05, 3.63) is 54.4 Å². The van der Waals surface area contributed by atoms with E-state index in [0.29, 0.717) is 0 Å². The predicted molar refractivity (Wildman–Crippen MR) is 68.1 cm³/mol. The van der Waals surface area contributed by atoms with Gasteiger partial charge in [-0.25, -0.2) is 14.2 Å². The summed E-state index contributed by atoms with van der Waals surface area (Å²) in [6.07, 6.45) is 7.43. The number of hydrogen-bond acceptors (Lipinski definition) is 2. The Bertz CT molecular complexity index is 573. The maximum Gasteiger partial charge on any atom is 0.327 e. The van der Waals surface area contributed by atoms with Crippen molar-refractivity contribution < 1.29 is 9.18 Å². The Kier molecular flexibility index (Phi) is 2.81. The number of aromatic nitrogens is 2. The Morgan fingerprint density at radius 1 is 1.32 bits per heavy atom. The van der Waals surface area contributed by atoms with Gasteiger partial charge in [-0.3, -0.25) is 4.57 Å². The zero-order valence-corrected chi connectivity index (χ0v) is 10.3. The van der Waals surface area contributed by atoms with Crippen LogP contribution in [0, 0.1) is 5.82 Å². The van der Waals surface area contributed by atoms with Gasteiger partial charge in [0.05, 0.1) is 5.54 Å². The zero-order chi connectivity index (χ0) is 13.3. The molecule has 0 spiro atoms. The smallest absolute Gasteiger partial charge is 0.327 e. The van der Waals surface area contributed by atoms with E-state index >= 15 is 0 Å². The molecule has 1 heterocycles. The lowest BCUT2D eigenvalue weighted by molar-refractivity contribution is 0.178. The summed E-state index contributed by atoms with van der Waals surface area (Å²) in [5, 5.41) is 3.03. The Morgan fingerprint density at radius 2 is 2.05 bits per heavy atom. The molecule has 5 heteroatoms. The standard InChI is InChI=1S/C14H14FN3O/c15-12-4-2-11(3-5-12)14(6-1-7-14)17-13(19)18-9-8-16-10-18/h2-5,8-10H,1,6-7H2,(H,17,19). The summed E-state index contributed by atoms with van der Waals surface area (Å²) >= 11 is 0. The summed E-state index contributed by atoms with van der Waals surface area (Å²) in [5.41, 5.74) is 0.586. The molecule has 0 unspecified atom stereocenters. The van der Waals surface area contributed by atoms with Gasteiger partial charge < -0.3 is 5.32 Å². The van der Waals surface area contributed by atoms with E-state index in [-0.39, 0.29) is 17.4 Å². The van der Waals surface area contributed by atoms with E-state index in [9.17, 15) is 9.18 Å². The molecule has 3 rings (SSSR count). The topological polar surface area (TPSA) is 46.9 Å². The van der Waals surface area contributed by atoms with E-state index in [4.69, 9.17) is 0 Å². The summed E-state index contributed by atoms with van der Waals surface area (Å²) in [5.74, 6) is -0.265. The lowest BCUT2D eigenvalue weighted by Gasteiger charge is -2.43. The number of carbonyl (C=O) groups is 1. The Labute approximate surface area is 110 Å². The van der Waals surface area contributed by atoms with Crippen molar-refractivity contribution in [1.82, 2.24) is 14.9 Å². The molecule has 0 saturated heterocycles. The summed E-state index contributed by atoms with van der Waals surface area (Å²) in [6.45, 7) is 0. The maximum absolute atomic E-state index is 13.0. The minimum Gasteiger partial charge on any atom is -0.328 e. The first-order chi connectivity index (χ1) is 9.20. The van der Waals surface area contributed by atoms with Gasteiger partial charge in [0.2, 0.25) is 0 Å². The first-order valence-corrected chi connectivity index (χ1v) is 6.26. The van der Waals surface area contributed by atoms with Crippen LogP contribution in [0.25, 0.3) is 0 Å². The molecule has 0 aliphatic heterocycles. The van der Waals surface area contributed by atoms with Gasteiger partial charge in [0, 0.05) is 12.4 Å². The first-order valence-electron chi connectivity index (χ1n) is 6.26. The van der Waals surface area contributed by atoms with Crippen LogP contribution < -0.4 is 5.32 Å².